The monoisotopic (exact) mass is 665 g/mol. The Kier molecular flexibility index (Phi) is 8.74. The van der Waals surface area contributed by atoms with Gasteiger partial charge in [-0.3, -0.25) is 0 Å². The maximum Gasteiger partial charge on any atom is 0.169 e. The second-order valence-corrected chi connectivity index (χ2v) is 12.6. The van der Waals surface area contributed by atoms with Crippen molar-refractivity contribution in [3.63, 3.8) is 0 Å². The Balaban J connectivity index is 1.26. The van der Waals surface area contributed by atoms with Gasteiger partial charge in [0, 0.05) is 11.1 Å². The highest BCUT2D eigenvalue weighted by Crippen LogP contribution is 2.36. The van der Waals surface area contributed by atoms with Crippen molar-refractivity contribution in [1.29, 1.82) is 10.5 Å². The van der Waals surface area contributed by atoms with Gasteiger partial charge in [0.1, 0.15) is 11.7 Å². The number of hydrogen-bond acceptors (Lipinski definition) is 5. The maximum absolute atomic E-state index is 9.32. The number of rotatable bonds is 7. The molecule has 0 fully saturated rings. The summed E-state index contributed by atoms with van der Waals surface area (Å²) < 4.78 is 0. The number of benzene rings is 7. The molecular weight excluding hydrogens is 635 g/mol. The summed E-state index contributed by atoms with van der Waals surface area (Å²) in [4.78, 5) is 10.4. The third kappa shape index (κ3) is 6.76. The second kappa shape index (κ2) is 14.3. The number of hydrogen-bond donors (Lipinski definition) is 1. The summed E-state index contributed by atoms with van der Waals surface area (Å²) in [6.07, 6.45) is -0.495. The van der Waals surface area contributed by atoms with Crippen molar-refractivity contribution in [3.8, 4) is 56.6 Å². The minimum Gasteiger partial charge on any atom is -0.324 e. The molecule has 0 spiro atoms. The van der Waals surface area contributed by atoms with Crippen LogP contribution >= 0.6 is 0 Å². The molecule has 0 radical (unpaired) electrons. The molecule has 1 heterocycles. The van der Waals surface area contributed by atoms with Gasteiger partial charge >= 0.3 is 0 Å². The molecule has 5 heteroatoms. The van der Waals surface area contributed by atoms with E-state index < -0.39 is 6.17 Å². The summed E-state index contributed by atoms with van der Waals surface area (Å²) in [5, 5.41) is 22.1. The number of nitrogens with zero attached hydrogens (tertiary/aromatic N) is 4. The van der Waals surface area contributed by atoms with Crippen LogP contribution in [0.25, 0.3) is 44.5 Å². The van der Waals surface area contributed by atoms with Gasteiger partial charge in [0.25, 0.3) is 0 Å². The largest absolute Gasteiger partial charge is 0.324 e. The molecular formula is C47H31N5. The predicted molar refractivity (Wildman–Crippen MR) is 209 cm³/mol. The van der Waals surface area contributed by atoms with Crippen molar-refractivity contribution in [2.45, 2.75) is 6.17 Å². The van der Waals surface area contributed by atoms with Crippen molar-refractivity contribution >= 4 is 11.7 Å². The average molecular weight is 666 g/mol. The van der Waals surface area contributed by atoms with E-state index in [-0.39, 0.29) is 0 Å². The first-order valence-electron chi connectivity index (χ1n) is 17.0. The van der Waals surface area contributed by atoms with Crippen molar-refractivity contribution in [3.05, 3.63) is 204 Å². The Labute approximate surface area is 303 Å². The van der Waals surface area contributed by atoms with Crippen LogP contribution in [0.1, 0.15) is 34.0 Å². The zero-order valence-corrected chi connectivity index (χ0v) is 28.1. The molecule has 1 aliphatic heterocycles. The molecule has 5 nitrogen and oxygen atoms in total. The molecule has 0 unspecified atom stereocenters. The van der Waals surface area contributed by atoms with Gasteiger partial charge in [-0.15, -0.1) is 0 Å². The highest BCUT2D eigenvalue weighted by atomic mass is 15.2. The normalized spacial score (nSPS) is 12.5. The first-order chi connectivity index (χ1) is 25.6. The topological polar surface area (TPSA) is 84.3 Å². The fourth-order valence-corrected chi connectivity index (χ4v) is 6.43. The van der Waals surface area contributed by atoms with Crippen LogP contribution in [0.2, 0.25) is 0 Å². The van der Waals surface area contributed by atoms with E-state index in [4.69, 9.17) is 9.98 Å². The lowest BCUT2D eigenvalue weighted by Gasteiger charge is -2.23. The molecule has 0 bridgehead atoms. The lowest BCUT2D eigenvalue weighted by molar-refractivity contribution is 0.756. The van der Waals surface area contributed by atoms with E-state index in [1.54, 1.807) is 0 Å². The van der Waals surface area contributed by atoms with Crippen LogP contribution in [-0.4, -0.2) is 11.7 Å². The molecule has 0 amide bonds. The van der Waals surface area contributed by atoms with Gasteiger partial charge in [0.05, 0.1) is 23.3 Å². The highest BCUT2D eigenvalue weighted by Gasteiger charge is 2.22. The maximum atomic E-state index is 9.32. The van der Waals surface area contributed by atoms with E-state index in [1.165, 1.54) is 0 Å². The second-order valence-electron chi connectivity index (χ2n) is 12.6. The lowest BCUT2D eigenvalue weighted by Crippen LogP contribution is -2.36. The van der Waals surface area contributed by atoms with E-state index in [0.29, 0.717) is 11.1 Å². The minimum atomic E-state index is -0.495. The zero-order chi connectivity index (χ0) is 35.3. The quantitative estimate of drug-likeness (QED) is 0.184. The zero-order valence-electron chi connectivity index (χ0n) is 28.1. The Bertz CT molecular complexity index is 2470. The lowest BCUT2D eigenvalue weighted by atomic mass is 9.92. The fraction of sp³-hybridized carbons (Fsp3) is 0.0213. The third-order valence-electron chi connectivity index (χ3n) is 9.20. The van der Waals surface area contributed by atoms with Gasteiger partial charge in [0.2, 0.25) is 0 Å². The summed E-state index contributed by atoms with van der Waals surface area (Å²) in [5.41, 5.74) is 12.7. The van der Waals surface area contributed by atoms with Gasteiger partial charge < -0.3 is 5.32 Å². The van der Waals surface area contributed by atoms with E-state index in [1.807, 2.05) is 84.9 Å². The smallest absolute Gasteiger partial charge is 0.169 e. The van der Waals surface area contributed by atoms with E-state index in [2.05, 4.69) is 108 Å². The molecule has 52 heavy (non-hydrogen) atoms. The van der Waals surface area contributed by atoms with Crippen LogP contribution in [-0.2, 0) is 0 Å². The third-order valence-corrected chi connectivity index (χ3v) is 9.20. The molecule has 0 aromatic heterocycles. The van der Waals surface area contributed by atoms with Gasteiger partial charge in [-0.1, -0.05) is 127 Å². The number of aliphatic imine (C=N–C) groups is 2. The van der Waals surface area contributed by atoms with Gasteiger partial charge in [-0.2, -0.15) is 10.5 Å². The van der Waals surface area contributed by atoms with Crippen LogP contribution in [0, 0.1) is 22.7 Å². The van der Waals surface area contributed by atoms with Crippen LogP contribution < -0.4 is 5.32 Å². The Morgan fingerprint density at radius 2 is 0.731 bits per heavy atom. The first kappa shape index (κ1) is 31.9. The van der Waals surface area contributed by atoms with Crippen LogP contribution in [0.3, 0.4) is 0 Å². The Morgan fingerprint density at radius 3 is 1.21 bits per heavy atom. The number of amidine groups is 2. The summed E-state index contributed by atoms with van der Waals surface area (Å²) in [7, 11) is 0. The molecule has 1 aliphatic rings. The Hall–Kier alpha value is -7.34. The average Bonchev–Trinajstić information content (AvgIpc) is 3.24. The minimum absolute atomic E-state index is 0.495. The summed E-state index contributed by atoms with van der Waals surface area (Å²) in [5.74, 6) is 1.53. The molecule has 8 rings (SSSR count). The first-order valence-corrected chi connectivity index (χ1v) is 17.0. The van der Waals surface area contributed by atoms with E-state index in [0.717, 1.165) is 72.9 Å². The van der Waals surface area contributed by atoms with Gasteiger partial charge in [-0.25, -0.2) is 9.98 Å². The van der Waals surface area contributed by atoms with Gasteiger partial charge in [-0.05, 0) is 98.6 Å². The van der Waals surface area contributed by atoms with Crippen LogP contribution in [0.4, 0.5) is 0 Å². The highest BCUT2D eigenvalue weighted by molar-refractivity contribution is 6.15. The molecule has 244 valence electrons. The van der Waals surface area contributed by atoms with Crippen LogP contribution in [0.15, 0.2) is 186 Å². The molecule has 7 aromatic carbocycles. The van der Waals surface area contributed by atoms with Crippen molar-refractivity contribution in [2.75, 3.05) is 0 Å². The standard InChI is InChI=1S/C47H31N5/c48-30-32-14-18-34(19-15-32)35-22-24-37(25-23-35)42-27-43(41-13-7-12-40(26-41)36-20-16-33(31-49)17-21-36)29-44(28-42)47-51-45(38-8-3-1-4-9-38)50-46(52-47)39-10-5-2-6-11-39/h1-29,47H,(H,50,51,52). The molecule has 0 atom stereocenters. The SMILES string of the molecule is N#Cc1ccc(-c2ccc(-c3cc(-c4cccc(-c5ccc(C#N)cc5)c4)cc(C4N=C(c5ccccc5)NC(c5ccccc5)=N4)c3)cc2)cc1. The number of nitriles is 2. The summed E-state index contributed by atoms with van der Waals surface area (Å²) >= 11 is 0. The van der Waals surface area contributed by atoms with Gasteiger partial charge in [0.15, 0.2) is 6.17 Å². The molecule has 1 N–H and O–H groups in total. The molecule has 0 saturated heterocycles. The van der Waals surface area contributed by atoms with Crippen molar-refractivity contribution < 1.29 is 0 Å². The molecule has 0 aliphatic carbocycles. The van der Waals surface area contributed by atoms with E-state index in [9.17, 15) is 10.5 Å². The number of nitrogens with one attached hydrogen (secondary N) is 1. The Morgan fingerprint density at radius 1 is 0.365 bits per heavy atom. The van der Waals surface area contributed by atoms with E-state index >= 15 is 0 Å². The summed E-state index contributed by atoms with van der Waals surface area (Å²) in [6.45, 7) is 0. The molecule has 7 aromatic rings. The summed E-state index contributed by atoms with van der Waals surface area (Å²) in [6, 6.07) is 63.7. The van der Waals surface area contributed by atoms with Crippen LogP contribution in [0.5, 0.6) is 0 Å². The fourth-order valence-electron chi connectivity index (χ4n) is 6.43. The van der Waals surface area contributed by atoms with Crippen molar-refractivity contribution in [2.24, 2.45) is 9.98 Å². The predicted octanol–water partition coefficient (Wildman–Crippen LogP) is 10.6. The molecule has 0 saturated carbocycles. The van der Waals surface area contributed by atoms with Crippen molar-refractivity contribution in [1.82, 2.24) is 5.32 Å².